The fraction of sp³-hybridized carbons (Fsp3) is 1.00. The van der Waals surface area contributed by atoms with Crippen LogP contribution < -0.4 is 0 Å². The smallest absolute Gasteiger partial charge is 0.264 e. The molecule has 0 heterocycles. The fourth-order valence-electron chi connectivity index (χ4n) is 4.25. The van der Waals surface area contributed by atoms with Gasteiger partial charge in [-0.2, -0.15) is 8.42 Å². The lowest BCUT2D eigenvalue weighted by molar-refractivity contribution is 0.252. The van der Waals surface area contributed by atoms with Gasteiger partial charge in [-0.3, -0.25) is 4.55 Å². The van der Waals surface area contributed by atoms with E-state index in [4.69, 9.17) is 4.55 Å². The van der Waals surface area contributed by atoms with E-state index in [2.05, 4.69) is 11.1 Å². The predicted molar refractivity (Wildman–Crippen MR) is 78.7 cm³/mol. The summed E-state index contributed by atoms with van der Waals surface area (Å²) in [6, 6.07) is 0. The molecule has 0 radical (unpaired) electrons. The SMILES string of the molecule is CCC1CCC(C2CCC(CCCOS(=O)(=O)O)C2)C1. The van der Waals surface area contributed by atoms with Crippen molar-refractivity contribution in [3.63, 3.8) is 0 Å². The molecule has 2 aliphatic rings. The van der Waals surface area contributed by atoms with Crippen molar-refractivity contribution >= 4 is 10.4 Å². The van der Waals surface area contributed by atoms with Crippen LogP contribution >= 0.6 is 0 Å². The van der Waals surface area contributed by atoms with Gasteiger partial charge in [0.05, 0.1) is 6.61 Å². The summed E-state index contributed by atoms with van der Waals surface area (Å²) in [6.07, 6.45) is 11.3. The van der Waals surface area contributed by atoms with Crippen molar-refractivity contribution in [2.45, 2.75) is 64.7 Å². The van der Waals surface area contributed by atoms with Crippen molar-refractivity contribution in [3.05, 3.63) is 0 Å². The Bertz CT molecular complexity index is 393. The number of rotatable bonds is 7. The number of hydrogen-bond donors (Lipinski definition) is 1. The van der Waals surface area contributed by atoms with Gasteiger partial charge in [0.1, 0.15) is 0 Å². The molecule has 5 heteroatoms. The Morgan fingerprint density at radius 3 is 2.20 bits per heavy atom. The second kappa shape index (κ2) is 7.23. The van der Waals surface area contributed by atoms with E-state index in [1.165, 1.54) is 44.9 Å². The van der Waals surface area contributed by atoms with Crippen molar-refractivity contribution < 1.29 is 17.2 Å². The van der Waals surface area contributed by atoms with Gasteiger partial charge in [0.25, 0.3) is 0 Å². The molecule has 0 aliphatic heterocycles. The van der Waals surface area contributed by atoms with Gasteiger partial charge >= 0.3 is 10.4 Å². The zero-order valence-corrected chi connectivity index (χ0v) is 13.3. The molecule has 20 heavy (non-hydrogen) atoms. The Kier molecular flexibility index (Phi) is 5.87. The summed E-state index contributed by atoms with van der Waals surface area (Å²) < 4.78 is 33.8. The molecular weight excluding hydrogens is 276 g/mol. The van der Waals surface area contributed by atoms with Crippen molar-refractivity contribution in [2.24, 2.45) is 23.7 Å². The van der Waals surface area contributed by atoms with Crippen LogP contribution in [0.25, 0.3) is 0 Å². The van der Waals surface area contributed by atoms with Crippen LogP contribution in [0.2, 0.25) is 0 Å². The first-order valence-corrected chi connectivity index (χ1v) is 9.46. The highest BCUT2D eigenvalue weighted by molar-refractivity contribution is 7.80. The first-order chi connectivity index (χ1) is 9.48. The molecule has 1 N–H and O–H groups in total. The summed E-state index contributed by atoms with van der Waals surface area (Å²) in [7, 11) is -4.25. The average Bonchev–Trinajstić information content (AvgIpc) is 3.02. The Morgan fingerprint density at radius 2 is 1.65 bits per heavy atom. The molecule has 0 amide bonds. The second-order valence-corrected chi connectivity index (χ2v) is 7.77. The molecule has 2 aliphatic carbocycles. The van der Waals surface area contributed by atoms with Crippen molar-refractivity contribution in [1.82, 2.24) is 0 Å². The molecule has 4 nitrogen and oxygen atoms in total. The molecule has 2 fully saturated rings. The molecule has 0 saturated heterocycles. The summed E-state index contributed by atoms with van der Waals surface area (Å²) in [4.78, 5) is 0. The Hall–Kier alpha value is -0.130. The van der Waals surface area contributed by atoms with Crippen LogP contribution in [-0.4, -0.2) is 19.6 Å². The third kappa shape index (κ3) is 5.01. The molecule has 0 bridgehead atoms. The highest BCUT2D eigenvalue weighted by Crippen LogP contribution is 2.46. The van der Waals surface area contributed by atoms with Crippen molar-refractivity contribution in [3.8, 4) is 0 Å². The highest BCUT2D eigenvalue weighted by atomic mass is 32.3. The predicted octanol–water partition coefficient (Wildman–Crippen LogP) is 3.83. The van der Waals surface area contributed by atoms with Crippen LogP contribution in [0.15, 0.2) is 0 Å². The first-order valence-electron chi connectivity index (χ1n) is 8.09. The maximum absolute atomic E-state index is 10.4. The fourth-order valence-corrected chi connectivity index (χ4v) is 4.58. The lowest BCUT2D eigenvalue weighted by Gasteiger charge is -2.19. The summed E-state index contributed by atoms with van der Waals surface area (Å²) in [5.74, 6) is 3.53. The zero-order valence-electron chi connectivity index (χ0n) is 12.5. The third-order valence-electron chi connectivity index (χ3n) is 5.40. The van der Waals surface area contributed by atoms with E-state index in [1.54, 1.807) is 0 Å². The Morgan fingerprint density at radius 1 is 1.05 bits per heavy atom. The summed E-state index contributed by atoms with van der Waals surface area (Å²) >= 11 is 0. The van der Waals surface area contributed by atoms with Crippen LogP contribution in [0.3, 0.4) is 0 Å². The summed E-state index contributed by atoms with van der Waals surface area (Å²) in [5.41, 5.74) is 0. The maximum Gasteiger partial charge on any atom is 0.397 e. The highest BCUT2D eigenvalue weighted by Gasteiger charge is 2.34. The van der Waals surface area contributed by atoms with E-state index < -0.39 is 10.4 Å². The van der Waals surface area contributed by atoms with Crippen LogP contribution in [0.1, 0.15) is 64.7 Å². The maximum atomic E-state index is 10.4. The van der Waals surface area contributed by atoms with Gasteiger partial charge in [0.15, 0.2) is 0 Å². The van der Waals surface area contributed by atoms with E-state index in [1.807, 2.05) is 0 Å². The molecule has 0 aromatic carbocycles. The molecular formula is C15H28O4S. The van der Waals surface area contributed by atoms with Gasteiger partial charge in [-0.05, 0) is 62.2 Å². The molecule has 2 saturated carbocycles. The topological polar surface area (TPSA) is 63.6 Å². The second-order valence-electron chi connectivity index (χ2n) is 6.68. The third-order valence-corrected chi connectivity index (χ3v) is 5.86. The van der Waals surface area contributed by atoms with Crippen LogP contribution in [-0.2, 0) is 14.6 Å². The minimum absolute atomic E-state index is 0.112. The lowest BCUT2D eigenvalue weighted by atomic mass is 9.87. The molecule has 118 valence electrons. The average molecular weight is 304 g/mol. The zero-order chi connectivity index (χ0) is 14.6. The van der Waals surface area contributed by atoms with Crippen LogP contribution in [0, 0.1) is 23.7 Å². The van der Waals surface area contributed by atoms with Gasteiger partial charge in [-0.15, -0.1) is 0 Å². The normalized spacial score (nSPS) is 34.7. The quantitative estimate of drug-likeness (QED) is 0.573. The van der Waals surface area contributed by atoms with Gasteiger partial charge in [-0.1, -0.05) is 26.2 Å². The standard InChI is InChI=1S/C15H28O4S/c1-2-12-5-7-14(10-12)15-8-6-13(11-15)4-3-9-19-20(16,17)18/h12-15H,2-11H2,1H3,(H,16,17,18). The Balaban J connectivity index is 1.63. The minimum Gasteiger partial charge on any atom is -0.264 e. The van der Waals surface area contributed by atoms with E-state index in [0.717, 1.165) is 36.5 Å². The molecule has 4 unspecified atom stereocenters. The minimum atomic E-state index is -4.25. The van der Waals surface area contributed by atoms with Gasteiger partial charge in [-0.25, -0.2) is 4.18 Å². The molecule has 2 rings (SSSR count). The lowest BCUT2D eigenvalue weighted by Crippen LogP contribution is -2.10. The molecule has 0 aromatic rings. The summed E-state index contributed by atoms with van der Waals surface area (Å²) in [6.45, 7) is 2.42. The van der Waals surface area contributed by atoms with E-state index in [9.17, 15) is 8.42 Å². The molecule has 4 atom stereocenters. The van der Waals surface area contributed by atoms with Crippen LogP contribution in [0.4, 0.5) is 0 Å². The van der Waals surface area contributed by atoms with E-state index >= 15 is 0 Å². The van der Waals surface area contributed by atoms with Crippen molar-refractivity contribution in [1.29, 1.82) is 0 Å². The van der Waals surface area contributed by atoms with Gasteiger partial charge < -0.3 is 0 Å². The Labute approximate surface area is 123 Å². The first kappa shape index (κ1) is 16.2. The monoisotopic (exact) mass is 304 g/mol. The largest absolute Gasteiger partial charge is 0.397 e. The molecule has 0 aromatic heterocycles. The summed E-state index contributed by atoms with van der Waals surface area (Å²) in [5, 5.41) is 0. The van der Waals surface area contributed by atoms with E-state index in [0.29, 0.717) is 0 Å². The number of hydrogen-bond acceptors (Lipinski definition) is 3. The van der Waals surface area contributed by atoms with Crippen molar-refractivity contribution in [2.75, 3.05) is 6.61 Å². The van der Waals surface area contributed by atoms with Gasteiger partial charge in [0.2, 0.25) is 0 Å². The van der Waals surface area contributed by atoms with Gasteiger partial charge in [0, 0.05) is 0 Å². The van der Waals surface area contributed by atoms with Crippen LogP contribution in [0.5, 0.6) is 0 Å². The van der Waals surface area contributed by atoms with E-state index in [-0.39, 0.29) is 6.61 Å². The molecule has 0 spiro atoms.